The van der Waals surface area contributed by atoms with Gasteiger partial charge in [0.1, 0.15) is 5.69 Å². The van der Waals surface area contributed by atoms with Gasteiger partial charge in [0, 0.05) is 24.1 Å². The summed E-state index contributed by atoms with van der Waals surface area (Å²) in [4.78, 5) is 14.6. The molecule has 0 fully saturated rings. The molecule has 0 saturated carbocycles. The first kappa shape index (κ1) is 18.2. The Hall–Kier alpha value is -3.59. The molecule has 27 heavy (non-hydrogen) atoms. The molecule has 0 aliphatic rings. The Balaban J connectivity index is 1.65. The number of aromatic nitrogens is 2. The molecule has 0 aliphatic carbocycles. The normalized spacial score (nSPS) is 11.1. The third kappa shape index (κ3) is 4.53. The molecular weight excluding hydrogens is 364 g/mol. The van der Waals surface area contributed by atoms with Crippen LogP contribution in [-0.4, -0.2) is 25.3 Å². The largest absolute Gasteiger partial charge is 0.326 e. The molecule has 8 nitrogen and oxygen atoms in total. The minimum absolute atomic E-state index is 0.0579. The number of imidazole rings is 1. The summed E-state index contributed by atoms with van der Waals surface area (Å²) in [5, 5.41) is 18.2. The molecule has 0 spiro atoms. The number of nitro benzene ring substituents is 1. The van der Waals surface area contributed by atoms with Gasteiger partial charge in [0.2, 0.25) is 0 Å². The van der Waals surface area contributed by atoms with Crippen LogP contribution in [0.2, 0.25) is 0 Å². The zero-order chi connectivity index (χ0) is 19.2. The summed E-state index contributed by atoms with van der Waals surface area (Å²) in [5.41, 5.74) is 5.58. The maximum atomic E-state index is 11.0. The fourth-order valence-electron chi connectivity index (χ4n) is 2.37. The molecule has 3 rings (SSSR count). The topological polar surface area (TPSA) is 97.4 Å². The van der Waals surface area contributed by atoms with Crippen LogP contribution in [0.15, 0.2) is 72.4 Å². The standard InChI is InChI=1S/C18H16N6O2S/c1-13(14-6-8-15(9-7-14)23-11-10-19-12-23)21-22-18(27)20-16-4-2-3-5-17(16)24(25)26/h2-12H,1H3,(H2,20,22,27). The third-order valence-electron chi connectivity index (χ3n) is 3.76. The van der Waals surface area contributed by atoms with Crippen LogP contribution in [0.5, 0.6) is 0 Å². The molecular formula is C18H16N6O2S. The summed E-state index contributed by atoms with van der Waals surface area (Å²) in [5.74, 6) is 0. The molecule has 0 amide bonds. The SMILES string of the molecule is CC(=NNC(=S)Nc1ccccc1[N+](=O)[O-])c1ccc(-n2ccnc2)cc1. The Kier molecular flexibility index (Phi) is 5.53. The first-order valence-electron chi connectivity index (χ1n) is 7.98. The summed E-state index contributed by atoms with van der Waals surface area (Å²) >= 11 is 5.16. The van der Waals surface area contributed by atoms with Gasteiger partial charge in [-0.1, -0.05) is 24.3 Å². The number of thiocarbonyl (C=S) groups is 1. The van der Waals surface area contributed by atoms with Gasteiger partial charge < -0.3 is 9.88 Å². The van der Waals surface area contributed by atoms with Crippen LogP contribution in [0.1, 0.15) is 12.5 Å². The van der Waals surface area contributed by atoms with Crippen molar-refractivity contribution in [2.75, 3.05) is 5.32 Å². The maximum absolute atomic E-state index is 11.0. The van der Waals surface area contributed by atoms with Crippen molar-refractivity contribution >= 4 is 34.4 Å². The number of anilines is 1. The molecule has 2 aromatic carbocycles. The monoisotopic (exact) mass is 380 g/mol. The average molecular weight is 380 g/mol. The van der Waals surface area contributed by atoms with Crippen LogP contribution >= 0.6 is 12.2 Å². The fraction of sp³-hybridized carbons (Fsp3) is 0.0556. The van der Waals surface area contributed by atoms with E-state index in [-0.39, 0.29) is 10.8 Å². The first-order chi connectivity index (χ1) is 13.0. The minimum atomic E-state index is -0.471. The number of nitrogens with one attached hydrogen (secondary N) is 2. The van der Waals surface area contributed by atoms with Crippen LogP contribution in [0.4, 0.5) is 11.4 Å². The van der Waals surface area contributed by atoms with E-state index in [9.17, 15) is 10.1 Å². The van der Waals surface area contributed by atoms with Crippen molar-refractivity contribution in [3.8, 4) is 5.69 Å². The highest BCUT2D eigenvalue weighted by Gasteiger charge is 2.13. The molecule has 0 atom stereocenters. The van der Waals surface area contributed by atoms with Crippen molar-refractivity contribution in [1.29, 1.82) is 0 Å². The minimum Gasteiger partial charge on any atom is -0.326 e. The highest BCUT2D eigenvalue weighted by atomic mass is 32.1. The molecule has 1 aromatic heterocycles. The summed E-state index contributed by atoms with van der Waals surface area (Å²) in [6.45, 7) is 1.84. The summed E-state index contributed by atoms with van der Waals surface area (Å²) < 4.78 is 1.90. The second-order valence-electron chi connectivity index (χ2n) is 5.55. The molecule has 0 unspecified atom stereocenters. The zero-order valence-electron chi connectivity index (χ0n) is 14.4. The molecule has 0 bridgehead atoms. The van der Waals surface area contributed by atoms with Crippen LogP contribution < -0.4 is 10.7 Å². The summed E-state index contributed by atoms with van der Waals surface area (Å²) in [6, 6.07) is 14.1. The predicted molar refractivity (Wildman–Crippen MR) is 108 cm³/mol. The van der Waals surface area contributed by atoms with E-state index in [1.807, 2.05) is 42.0 Å². The molecule has 136 valence electrons. The Morgan fingerprint density at radius 2 is 1.96 bits per heavy atom. The van der Waals surface area contributed by atoms with Crippen molar-refractivity contribution in [3.05, 3.63) is 82.9 Å². The lowest BCUT2D eigenvalue weighted by Crippen LogP contribution is -2.25. The van der Waals surface area contributed by atoms with Gasteiger partial charge in [-0.25, -0.2) is 4.98 Å². The number of benzene rings is 2. The van der Waals surface area contributed by atoms with Gasteiger partial charge in [0.05, 0.1) is 17.0 Å². The summed E-state index contributed by atoms with van der Waals surface area (Å²) in [6.07, 6.45) is 5.31. The summed E-state index contributed by atoms with van der Waals surface area (Å²) in [7, 11) is 0. The van der Waals surface area contributed by atoms with Crippen molar-refractivity contribution in [1.82, 2.24) is 15.0 Å². The first-order valence-corrected chi connectivity index (χ1v) is 8.39. The fourth-order valence-corrected chi connectivity index (χ4v) is 2.53. The second kappa shape index (κ2) is 8.19. The van der Waals surface area contributed by atoms with Crippen molar-refractivity contribution < 1.29 is 4.92 Å². The third-order valence-corrected chi connectivity index (χ3v) is 3.96. The van der Waals surface area contributed by atoms with E-state index in [1.54, 1.807) is 30.7 Å². The van der Waals surface area contributed by atoms with Crippen LogP contribution in [0, 0.1) is 10.1 Å². The molecule has 2 N–H and O–H groups in total. The van der Waals surface area contributed by atoms with E-state index in [4.69, 9.17) is 12.2 Å². The average Bonchev–Trinajstić information content (AvgIpc) is 3.21. The van der Waals surface area contributed by atoms with Gasteiger partial charge >= 0.3 is 0 Å². The maximum Gasteiger partial charge on any atom is 0.292 e. The highest BCUT2D eigenvalue weighted by molar-refractivity contribution is 7.80. The van der Waals surface area contributed by atoms with Gasteiger partial charge in [-0.2, -0.15) is 5.10 Å². The quantitative estimate of drug-likeness (QED) is 0.304. The molecule has 1 heterocycles. The van der Waals surface area contributed by atoms with E-state index in [1.165, 1.54) is 6.07 Å². The van der Waals surface area contributed by atoms with E-state index in [0.717, 1.165) is 17.0 Å². The Bertz CT molecular complexity index is 983. The van der Waals surface area contributed by atoms with Crippen molar-refractivity contribution in [3.63, 3.8) is 0 Å². The van der Waals surface area contributed by atoms with Crippen LogP contribution in [0.25, 0.3) is 5.69 Å². The number of nitrogens with zero attached hydrogens (tertiary/aromatic N) is 4. The zero-order valence-corrected chi connectivity index (χ0v) is 15.2. The van der Waals surface area contributed by atoms with Crippen molar-refractivity contribution in [2.45, 2.75) is 6.92 Å². The molecule has 3 aromatic rings. The molecule has 0 radical (unpaired) electrons. The Morgan fingerprint density at radius 1 is 1.22 bits per heavy atom. The lowest BCUT2D eigenvalue weighted by Gasteiger charge is -2.09. The van der Waals surface area contributed by atoms with Crippen molar-refractivity contribution in [2.24, 2.45) is 5.10 Å². The van der Waals surface area contributed by atoms with Gasteiger partial charge in [-0.05, 0) is 42.9 Å². The second-order valence-corrected chi connectivity index (χ2v) is 5.96. The van der Waals surface area contributed by atoms with E-state index in [2.05, 4.69) is 20.8 Å². The van der Waals surface area contributed by atoms with Crippen LogP contribution in [-0.2, 0) is 0 Å². The van der Waals surface area contributed by atoms with Gasteiger partial charge in [-0.3, -0.25) is 15.5 Å². The number of hydrogen-bond acceptors (Lipinski definition) is 5. The Labute approximate surface area is 160 Å². The van der Waals surface area contributed by atoms with Gasteiger partial charge in [-0.15, -0.1) is 0 Å². The molecule has 0 saturated heterocycles. The number of hydrazone groups is 1. The number of para-hydroxylation sites is 2. The van der Waals surface area contributed by atoms with Gasteiger partial charge in [0.15, 0.2) is 5.11 Å². The number of hydrogen-bond donors (Lipinski definition) is 2. The van der Waals surface area contributed by atoms with E-state index >= 15 is 0 Å². The van der Waals surface area contributed by atoms with Gasteiger partial charge in [0.25, 0.3) is 5.69 Å². The lowest BCUT2D eigenvalue weighted by molar-refractivity contribution is -0.383. The Morgan fingerprint density at radius 3 is 2.63 bits per heavy atom. The molecule has 9 heteroatoms. The number of rotatable bonds is 5. The molecule has 0 aliphatic heterocycles. The van der Waals surface area contributed by atoms with E-state index < -0.39 is 4.92 Å². The van der Waals surface area contributed by atoms with E-state index in [0.29, 0.717) is 5.69 Å². The smallest absolute Gasteiger partial charge is 0.292 e. The number of nitro groups is 1. The highest BCUT2D eigenvalue weighted by Crippen LogP contribution is 2.22. The van der Waals surface area contributed by atoms with Crippen LogP contribution in [0.3, 0.4) is 0 Å². The predicted octanol–water partition coefficient (Wildman–Crippen LogP) is 3.49. The lowest BCUT2D eigenvalue weighted by atomic mass is 10.1.